The summed E-state index contributed by atoms with van der Waals surface area (Å²) >= 11 is 0. The molecule has 0 saturated carbocycles. The van der Waals surface area contributed by atoms with Crippen LogP contribution in [-0.4, -0.2) is 38.4 Å². The van der Waals surface area contributed by atoms with Gasteiger partial charge in [0, 0.05) is 61.0 Å². The lowest BCUT2D eigenvalue weighted by atomic mass is 9.90. The zero-order valence-corrected chi connectivity index (χ0v) is 24.0. The van der Waals surface area contributed by atoms with E-state index in [9.17, 15) is 19.7 Å². The first-order chi connectivity index (χ1) is 21.3. The number of carbonyl (C=O) groups is 2. The van der Waals surface area contributed by atoms with Crippen molar-refractivity contribution in [2.45, 2.75) is 25.3 Å². The summed E-state index contributed by atoms with van der Waals surface area (Å²) in [7, 11) is 3.46. The number of ether oxygens (including phenoxy) is 1. The highest BCUT2D eigenvalue weighted by Crippen LogP contribution is 2.38. The Labute approximate surface area is 252 Å². The van der Waals surface area contributed by atoms with Gasteiger partial charge in [0.2, 0.25) is 17.8 Å². The van der Waals surface area contributed by atoms with Crippen LogP contribution in [0.3, 0.4) is 0 Å². The standard InChI is InChI=1S/C32H29N7O5/c1-38-18-23(22-5-3-4-6-27(22)38)24-13-14-33-32(35-24)36-26-15-28(39(42)43)25(16-29(26)44-2)34-17-19-7-9-20(10-8-19)21-11-12-30(40)37-31(21)41/h3-10,13-16,18,21,34H,11-12,17H2,1-2H3,(H,33,35,36)(H,37,40,41). The van der Waals surface area contributed by atoms with Crippen LogP contribution in [0.25, 0.3) is 22.2 Å². The average molecular weight is 592 g/mol. The fourth-order valence-corrected chi connectivity index (χ4v) is 5.44. The molecule has 44 heavy (non-hydrogen) atoms. The highest BCUT2D eigenvalue weighted by Gasteiger charge is 2.28. The van der Waals surface area contributed by atoms with Crippen molar-refractivity contribution in [2.75, 3.05) is 17.7 Å². The molecule has 1 fully saturated rings. The maximum absolute atomic E-state index is 12.2. The first-order valence-electron chi connectivity index (χ1n) is 14.0. The lowest BCUT2D eigenvalue weighted by Crippen LogP contribution is -2.39. The van der Waals surface area contributed by atoms with E-state index in [2.05, 4.69) is 25.9 Å². The molecule has 1 aliphatic heterocycles. The van der Waals surface area contributed by atoms with Crippen LogP contribution >= 0.6 is 0 Å². The Hall–Kier alpha value is -5.78. The minimum Gasteiger partial charge on any atom is -0.494 e. The van der Waals surface area contributed by atoms with Gasteiger partial charge in [-0.25, -0.2) is 9.97 Å². The first-order valence-corrected chi connectivity index (χ1v) is 14.0. The molecule has 3 aromatic carbocycles. The van der Waals surface area contributed by atoms with Gasteiger partial charge in [0.1, 0.15) is 11.4 Å². The summed E-state index contributed by atoms with van der Waals surface area (Å²) in [5.41, 5.74) is 4.85. The van der Waals surface area contributed by atoms with Crippen molar-refractivity contribution in [2.24, 2.45) is 7.05 Å². The molecule has 2 amide bonds. The molecule has 6 rings (SSSR count). The molecule has 222 valence electrons. The number of carbonyl (C=O) groups excluding carboxylic acids is 2. The van der Waals surface area contributed by atoms with E-state index in [0.717, 1.165) is 27.6 Å². The second-order valence-electron chi connectivity index (χ2n) is 10.5. The van der Waals surface area contributed by atoms with Crippen molar-refractivity contribution >= 4 is 45.7 Å². The summed E-state index contributed by atoms with van der Waals surface area (Å²) in [6, 6.07) is 20.2. The van der Waals surface area contributed by atoms with Crippen LogP contribution in [-0.2, 0) is 23.2 Å². The number of hydrogen-bond acceptors (Lipinski definition) is 9. The molecule has 1 aliphatic rings. The van der Waals surface area contributed by atoms with E-state index in [1.165, 1.54) is 13.2 Å². The minimum absolute atomic E-state index is 0.154. The van der Waals surface area contributed by atoms with Crippen LogP contribution < -0.4 is 20.7 Å². The number of nitro benzene ring substituents is 1. The van der Waals surface area contributed by atoms with Crippen molar-refractivity contribution in [1.29, 1.82) is 0 Å². The first kappa shape index (κ1) is 28.3. The number of imide groups is 1. The van der Waals surface area contributed by atoms with Crippen molar-refractivity contribution < 1.29 is 19.2 Å². The number of nitrogens with one attached hydrogen (secondary N) is 3. The molecular formula is C32H29N7O5. The number of nitro groups is 1. The number of para-hydroxylation sites is 1. The van der Waals surface area contributed by atoms with Gasteiger partial charge < -0.3 is 19.9 Å². The lowest BCUT2D eigenvalue weighted by molar-refractivity contribution is -0.383. The van der Waals surface area contributed by atoms with E-state index in [1.807, 2.05) is 72.4 Å². The summed E-state index contributed by atoms with van der Waals surface area (Å²) in [5, 5.41) is 21.7. The van der Waals surface area contributed by atoms with Gasteiger partial charge in [0.25, 0.3) is 5.69 Å². The molecule has 0 spiro atoms. The van der Waals surface area contributed by atoms with Crippen molar-refractivity contribution in [1.82, 2.24) is 19.9 Å². The number of aromatic nitrogens is 3. The topological polar surface area (TPSA) is 153 Å². The van der Waals surface area contributed by atoms with Crippen molar-refractivity contribution in [3.8, 4) is 17.0 Å². The van der Waals surface area contributed by atoms with Gasteiger partial charge in [-0.2, -0.15) is 0 Å². The largest absolute Gasteiger partial charge is 0.494 e. The summed E-state index contributed by atoms with van der Waals surface area (Å²) < 4.78 is 7.61. The number of aryl methyl sites for hydroxylation is 1. The Morgan fingerprint density at radius 2 is 1.89 bits per heavy atom. The number of nitrogens with zero attached hydrogens (tertiary/aromatic N) is 4. The molecule has 0 aliphatic carbocycles. The van der Waals surface area contributed by atoms with Crippen LogP contribution in [0.5, 0.6) is 5.75 Å². The van der Waals surface area contributed by atoms with Crippen molar-refractivity contribution in [3.05, 3.63) is 100 Å². The van der Waals surface area contributed by atoms with Gasteiger partial charge in [0.05, 0.1) is 29.3 Å². The SMILES string of the molecule is COc1cc(NCc2ccc(C3CCC(=O)NC3=O)cc2)c([N+](=O)[O-])cc1Nc1nccc(-c2cn(C)c3ccccc23)n1. The summed E-state index contributed by atoms with van der Waals surface area (Å²) in [6.07, 6.45) is 4.41. The second-order valence-corrected chi connectivity index (χ2v) is 10.5. The van der Waals surface area contributed by atoms with E-state index >= 15 is 0 Å². The summed E-state index contributed by atoms with van der Waals surface area (Å²) in [5.74, 6) is -0.302. The number of piperidine rings is 1. The minimum atomic E-state index is -0.466. The van der Waals surface area contributed by atoms with Gasteiger partial charge in [-0.05, 0) is 29.7 Å². The second kappa shape index (κ2) is 11.8. The van der Waals surface area contributed by atoms with Gasteiger partial charge in [-0.1, -0.05) is 42.5 Å². The molecule has 1 unspecified atom stereocenters. The Balaban J connectivity index is 1.21. The third kappa shape index (κ3) is 5.64. The number of amides is 2. The third-order valence-corrected chi connectivity index (χ3v) is 7.69. The van der Waals surface area contributed by atoms with E-state index in [0.29, 0.717) is 36.5 Å². The number of anilines is 3. The van der Waals surface area contributed by atoms with Gasteiger partial charge in [0.15, 0.2) is 0 Å². The monoisotopic (exact) mass is 591 g/mol. The molecular weight excluding hydrogens is 562 g/mol. The van der Waals surface area contributed by atoms with E-state index in [1.54, 1.807) is 12.3 Å². The molecule has 3 heterocycles. The molecule has 3 N–H and O–H groups in total. The average Bonchev–Trinajstić information content (AvgIpc) is 3.37. The quantitative estimate of drug-likeness (QED) is 0.116. The van der Waals surface area contributed by atoms with E-state index < -0.39 is 4.92 Å². The molecule has 0 radical (unpaired) electrons. The Morgan fingerprint density at radius 3 is 2.64 bits per heavy atom. The van der Waals surface area contributed by atoms with Crippen molar-refractivity contribution in [3.63, 3.8) is 0 Å². The molecule has 2 aromatic heterocycles. The zero-order valence-electron chi connectivity index (χ0n) is 24.0. The zero-order chi connectivity index (χ0) is 30.8. The predicted molar refractivity (Wildman–Crippen MR) is 166 cm³/mol. The predicted octanol–water partition coefficient (Wildman–Crippen LogP) is 5.43. The molecule has 5 aromatic rings. The van der Waals surface area contributed by atoms with Crippen LogP contribution in [0.4, 0.5) is 23.0 Å². The molecule has 1 saturated heterocycles. The Morgan fingerprint density at radius 1 is 1.09 bits per heavy atom. The number of rotatable bonds is 9. The van der Waals surface area contributed by atoms with Gasteiger partial charge >= 0.3 is 0 Å². The van der Waals surface area contributed by atoms with Crippen LogP contribution in [0.15, 0.2) is 79.1 Å². The van der Waals surface area contributed by atoms with Gasteiger partial charge in [-0.3, -0.25) is 25.0 Å². The molecule has 12 heteroatoms. The highest BCUT2D eigenvalue weighted by atomic mass is 16.6. The number of fused-ring (bicyclic) bond motifs is 1. The smallest absolute Gasteiger partial charge is 0.294 e. The van der Waals surface area contributed by atoms with Crippen LogP contribution in [0.1, 0.15) is 29.9 Å². The maximum Gasteiger partial charge on any atom is 0.294 e. The van der Waals surface area contributed by atoms with Gasteiger partial charge in [-0.15, -0.1) is 0 Å². The summed E-state index contributed by atoms with van der Waals surface area (Å²) in [4.78, 5) is 44.3. The van der Waals surface area contributed by atoms with Crippen LogP contribution in [0.2, 0.25) is 0 Å². The third-order valence-electron chi connectivity index (χ3n) is 7.69. The number of benzene rings is 3. The fraction of sp³-hybridized carbons (Fsp3) is 0.188. The van der Waals surface area contributed by atoms with E-state index in [-0.39, 0.29) is 35.1 Å². The Kier molecular flexibility index (Phi) is 7.63. The molecule has 12 nitrogen and oxygen atoms in total. The lowest BCUT2D eigenvalue weighted by Gasteiger charge is -2.21. The highest BCUT2D eigenvalue weighted by molar-refractivity contribution is 6.01. The number of methoxy groups -OCH3 is 1. The molecule has 1 atom stereocenters. The number of hydrogen-bond donors (Lipinski definition) is 3. The summed E-state index contributed by atoms with van der Waals surface area (Å²) in [6.45, 7) is 0.294. The normalized spacial score (nSPS) is 14.7. The van der Waals surface area contributed by atoms with E-state index in [4.69, 9.17) is 4.74 Å². The van der Waals surface area contributed by atoms with Crippen LogP contribution in [0, 0.1) is 10.1 Å². The fourth-order valence-electron chi connectivity index (χ4n) is 5.44. The Bertz CT molecular complexity index is 1900. The molecule has 0 bridgehead atoms. The maximum atomic E-state index is 12.2.